The van der Waals surface area contributed by atoms with Crippen molar-refractivity contribution in [3.05, 3.63) is 0 Å². The second-order valence-corrected chi connectivity index (χ2v) is 6.69. The Morgan fingerprint density at radius 1 is 1.05 bits per heavy atom. The fourth-order valence-electron chi connectivity index (χ4n) is 1.91. The number of nitrogens with zero attached hydrogens (tertiary/aromatic N) is 1. The SMILES string of the molecule is CC(C)CNC(=O)C(NC(=O)CCCCN(C)C)C(C)C. The summed E-state index contributed by atoms with van der Waals surface area (Å²) in [6, 6.07) is -0.440. The van der Waals surface area contributed by atoms with Crippen LogP contribution in [-0.2, 0) is 9.59 Å². The predicted molar refractivity (Wildman–Crippen MR) is 87.0 cm³/mol. The minimum absolute atomic E-state index is 0.0350. The van der Waals surface area contributed by atoms with Gasteiger partial charge in [-0.25, -0.2) is 0 Å². The third-order valence-corrected chi connectivity index (χ3v) is 3.21. The molecule has 5 heteroatoms. The minimum Gasteiger partial charge on any atom is -0.354 e. The fourth-order valence-corrected chi connectivity index (χ4v) is 1.91. The van der Waals surface area contributed by atoms with Crippen molar-refractivity contribution in [1.82, 2.24) is 15.5 Å². The molecule has 0 aliphatic rings. The van der Waals surface area contributed by atoms with Crippen molar-refractivity contribution < 1.29 is 9.59 Å². The summed E-state index contributed by atoms with van der Waals surface area (Å²) in [5, 5.41) is 5.75. The summed E-state index contributed by atoms with van der Waals surface area (Å²) in [6.07, 6.45) is 2.32. The van der Waals surface area contributed by atoms with Crippen LogP contribution in [0.15, 0.2) is 0 Å². The minimum atomic E-state index is -0.440. The molecule has 0 saturated carbocycles. The molecule has 0 aromatic rings. The molecular weight excluding hydrogens is 266 g/mol. The van der Waals surface area contributed by atoms with Crippen molar-refractivity contribution >= 4 is 11.8 Å². The maximum atomic E-state index is 12.1. The lowest BCUT2D eigenvalue weighted by Gasteiger charge is -2.22. The van der Waals surface area contributed by atoms with Gasteiger partial charge in [0.15, 0.2) is 0 Å². The molecule has 1 unspecified atom stereocenters. The van der Waals surface area contributed by atoms with E-state index in [9.17, 15) is 9.59 Å². The standard InChI is InChI=1S/C16H33N3O2/c1-12(2)11-17-16(21)15(13(3)4)18-14(20)9-7-8-10-19(5)6/h12-13,15H,7-11H2,1-6H3,(H,17,21)(H,18,20). The van der Waals surface area contributed by atoms with Crippen molar-refractivity contribution in [2.75, 3.05) is 27.2 Å². The lowest BCUT2D eigenvalue weighted by molar-refractivity contribution is -0.130. The highest BCUT2D eigenvalue weighted by Crippen LogP contribution is 2.04. The van der Waals surface area contributed by atoms with E-state index in [-0.39, 0.29) is 17.7 Å². The first-order valence-electron chi connectivity index (χ1n) is 7.95. The molecule has 0 saturated heterocycles. The third kappa shape index (κ3) is 10.3. The van der Waals surface area contributed by atoms with Crippen molar-refractivity contribution in [2.24, 2.45) is 11.8 Å². The van der Waals surface area contributed by atoms with E-state index in [1.807, 2.05) is 41.8 Å². The van der Waals surface area contributed by atoms with E-state index in [1.165, 1.54) is 0 Å². The number of amides is 2. The topological polar surface area (TPSA) is 61.4 Å². The van der Waals surface area contributed by atoms with Crippen LogP contribution in [-0.4, -0.2) is 49.9 Å². The smallest absolute Gasteiger partial charge is 0.242 e. The fraction of sp³-hybridized carbons (Fsp3) is 0.875. The molecule has 1 atom stereocenters. The number of unbranched alkanes of at least 4 members (excludes halogenated alkanes) is 1. The first-order valence-corrected chi connectivity index (χ1v) is 7.95. The van der Waals surface area contributed by atoms with Gasteiger partial charge in [-0.05, 0) is 45.3 Å². The molecule has 0 rings (SSSR count). The van der Waals surface area contributed by atoms with Gasteiger partial charge in [-0.1, -0.05) is 27.7 Å². The average Bonchev–Trinajstić information content (AvgIpc) is 2.37. The van der Waals surface area contributed by atoms with Gasteiger partial charge in [0.1, 0.15) is 6.04 Å². The Labute approximate surface area is 129 Å². The van der Waals surface area contributed by atoms with E-state index < -0.39 is 6.04 Å². The molecule has 0 fully saturated rings. The quantitative estimate of drug-likeness (QED) is 0.603. The highest BCUT2D eigenvalue weighted by molar-refractivity contribution is 5.87. The zero-order valence-electron chi connectivity index (χ0n) is 14.5. The maximum absolute atomic E-state index is 12.1. The van der Waals surface area contributed by atoms with E-state index in [0.29, 0.717) is 18.9 Å². The Balaban J connectivity index is 4.18. The van der Waals surface area contributed by atoms with E-state index in [2.05, 4.69) is 15.5 Å². The van der Waals surface area contributed by atoms with Gasteiger partial charge in [-0.15, -0.1) is 0 Å². The lowest BCUT2D eigenvalue weighted by atomic mass is 10.0. The second kappa shape index (κ2) is 10.6. The number of hydrogen-bond donors (Lipinski definition) is 2. The molecule has 0 radical (unpaired) electrons. The van der Waals surface area contributed by atoms with Gasteiger partial charge >= 0.3 is 0 Å². The van der Waals surface area contributed by atoms with Crippen LogP contribution in [0.1, 0.15) is 47.0 Å². The molecule has 0 aliphatic heterocycles. The monoisotopic (exact) mass is 299 g/mol. The molecule has 21 heavy (non-hydrogen) atoms. The van der Waals surface area contributed by atoms with Gasteiger partial charge in [-0.2, -0.15) is 0 Å². The number of nitrogens with one attached hydrogen (secondary N) is 2. The van der Waals surface area contributed by atoms with Crippen LogP contribution in [0.3, 0.4) is 0 Å². The van der Waals surface area contributed by atoms with E-state index >= 15 is 0 Å². The molecular formula is C16H33N3O2. The van der Waals surface area contributed by atoms with Crippen LogP contribution in [0.5, 0.6) is 0 Å². The van der Waals surface area contributed by atoms with Gasteiger partial charge in [0.25, 0.3) is 0 Å². The van der Waals surface area contributed by atoms with Crippen molar-refractivity contribution in [1.29, 1.82) is 0 Å². The highest BCUT2D eigenvalue weighted by Gasteiger charge is 2.23. The van der Waals surface area contributed by atoms with E-state index in [0.717, 1.165) is 19.4 Å². The van der Waals surface area contributed by atoms with Crippen LogP contribution in [0, 0.1) is 11.8 Å². The zero-order valence-corrected chi connectivity index (χ0v) is 14.5. The average molecular weight is 299 g/mol. The Kier molecular flexibility index (Phi) is 10.0. The Bertz CT molecular complexity index is 315. The van der Waals surface area contributed by atoms with E-state index in [1.54, 1.807) is 0 Å². The summed E-state index contributed by atoms with van der Waals surface area (Å²) >= 11 is 0. The molecule has 0 aromatic heterocycles. The van der Waals surface area contributed by atoms with Crippen molar-refractivity contribution in [2.45, 2.75) is 53.0 Å². The summed E-state index contributed by atoms with van der Waals surface area (Å²) in [6.45, 7) is 9.62. The summed E-state index contributed by atoms with van der Waals surface area (Å²) in [5.41, 5.74) is 0. The van der Waals surface area contributed by atoms with E-state index in [4.69, 9.17) is 0 Å². The lowest BCUT2D eigenvalue weighted by Crippen LogP contribution is -2.50. The predicted octanol–water partition coefficient (Wildman–Crippen LogP) is 1.63. The molecule has 0 bridgehead atoms. The number of carbonyl (C=O) groups is 2. The summed E-state index contributed by atoms with van der Waals surface area (Å²) in [7, 11) is 4.04. The van der Waals surface area contributed by atoms with Crippen LogP contribution < -0.4 is 10.6 Å². The molecule has 0 heterocycles. The molecule has 5 nitrogen and oxygen atoms in total. The largest absolute Gasteiger partial charge is 0.354 e. The molecule has 0 aliphatic carbocycles. The molecule has 2 amide bonds. The van der Waals surface area contributed by atoms with Crippen LogP contribution >= 0.6 is 0 Å². The Morgan fingerprint density at radius 2 is 1.67 bits per heavy atom. The Morgan fingerprint density at radius 3 is 2.14 bits per heavy atom. The highest BCUT2D eigenvalue weighted by atomic mass is 16.2. The number of carbonyl (C=O) groups excluding carboxylic acids is 2. The van der Waals surface area contributed by atoms with Crippen LogP contribution in [0.2, 0.25) is 0 Å². The Hall–Kier alpha value is -1.10. The summed E-state index contributed by atoms with van der Waals surface area (Å²) in [4.78, 5) is 26.2. The van der Waals surface area contributed by atoms with Crippen molar-refractivity contribution in [3.63, 3.8) is 0 Å². The van der Waals surface area contributed by atoms with Gasteiger partial charge in [0, 0.05) is 13.0 Å². The van der Waals surface area contributed by atoms with Gasteiger partial charge in [0.05, 0.1) is 0 Å². The van der Waals surface area contributed by atoms with Gasteiger partial charge < -0.3 is 15.5 Å². The number of rotatable bonds is 10. The molecule has 2 N–H and O–H groups in total. The molecule has 0 aromatic carbocycles. The first kappa shape index (κ1) is 19.9. The van der Waals surface area contributed by atoms with Gasteiger partial charge in [0.2, 0.25) is 11.8 Å². The third-order valence-electron chi connectivity index (χ3n) is 3.21. The normalized spacial score (nSPS) is 12.8. The summed E-state index contributed by atoms with van der Waals surface area (Å²) in [5.74, 6) is 0.374. The zero-order chi connectivity index (χ0) is 16.4. The number of hydrogen-bond acceptors (Lipinski definition) is 3. The van der Waals surface area contributed by atoms with Crippen LogP contribution in [0.25, 0.3) is 0 Å². The molecule has 124 valence electrons. The maximum Gasteiger partial charge on any atom is 0.242 e. The van der Waals surface area contributed by atoms with Gasteiger partial charge in [-0.3, -0.25) is 9.59 Å². The first-order chi connectivity index (χ1) is 9.73. The van der Waals surface area contributed by atoms with Crippen molar-refractivity contribution in [3.8, 4) is 0 Å². The second-order valence-electron chi connectivity index (χ2n) is 6.69. The molecule has 0 spiro atoms. The van der Waals surface area contributed by atoms with Crippen LogP contribution in [0.4, 0.5) is 0 Å². The summed E-state index contributed by atoms with van der Waals surface area (Å²) < 4.78 is 0.